The number of carbonyl (C=O) groups is 1. The molecule has 21 heavy (non-hydrogen) atoms. The van der Waals surface area contributed by atoms with Crippen molar-refractivity contribution in [2.24, 2.45) is 4.99 Å². The predicted molar refractivity (Wildman–Crippen MR) is 88.9 cm³/mol. The number of hydrogen-bond acceptors (Lipinski definition) is 3. The molecule has 0 radical (unpaired) electrons. The summed E-state index contributed by atoms with van der Waals surface area (Å²) in [5.74, 6) is -0.116. The van der Waals surface area contributed by atoms with E-state index in [1.165, 1.54) is 0 Å². The molecule has 2 aromatic rings. The highest BCUT2D eigenvalue weighted by Crippen LogP contribution is 2.23. The molecule has 1 aliphatic heterocycles. The summed E-state index contributed by atoms with van der Waals surface area (Å²) in [6.07, 6.45) is 1.71. The van der Waals surface area contributed by atoms with Crippen LogP contribution in [0.1, 0.15) is 11.1 Å². The van der Waals surface area contributed by atoms with E-state index in [-0.39, 0.29) is 0 Å². The smallest absolute Gasteiger partial charge is 0.363 e. The average Bonchev–Trinajstić information content (AvgIpc) is 2.83. The van der Waals surface area contributed by atoms with Gasteiger partial charge in [0.2, 0.25) is 5.90 Å². The minimum atomic E-state index is -0.441. The maximum absolute atomic E-state index is 11.9. The fraction of sp³-hybridized carbons (Fsp3) is 0. The molecule has 0 aliphatic carbocycles. The first kappa shape index (κ1) is 14.2. The minimum Gasteiger partial charge on any atom is -0.402 e. The first-order valence-electron chi connectivity index (χ1n) is 6.16. The Balaban J connectivity index is 1.96. The highest BCUT2D eigenvalue weighted by atomic mass is 79.9. The van der Waals surface area contributed by atoms with E-state index < -0.39 is 5.97 Å². The molecule has 0 unspecified atom stereocenters. The largest absolute Gasteiger partial charge is 0.402 e. The lowest BCUT2D eigenvalue weighted by atomic mass is 10.2. The molecule has 1 aliphatic rings. The van der Waals surface area contributed by atoms with E-state index in [0.29, 0.717) is 11.6 Å². The van der Waals surface area contributed by atoms with Gasteiger partial charge in [0.25, 0.3) is 0 Å². The molecule has 3 nitrogen and oxygen atoms in total. The van der Waals surface area contributed by atoms with Crippen molar-refractivity contribution in [1.29, 1.82) is 0 Å². The van der Waals surface area contributed by atoms with E-state index in [4.69, 9.17) is 4.74 Å². The highest BCUT2D eigenvalue weighted by molar-refractivity contribution is 9.10. The van der Waals surface area contributed by atoms with E-state index in [9.17, 15) is 4.79 Å². The monoisotopic (exact) mass is 405 g/mol. The van der Waals surface area contributed by atoms with Crippen LogP contribution in [0.5, 0.6) is 0 Å². The number of ether oxygens (including phenoxy) is 1. The van der Waals surface area contributed by atoms with Crippen LogP contribution in [0.15, 0.2) is 68.2 Å². The zero-order valence-electron chi connectivity index (χ0n) is 10.7. The Morgan fingerprint density at radius 2 is 1.71 bits per heavy atom. The summed E-state index contributed by atoms with van der Waals surface area (Å²) in [4.78, 5) is 16.2. The maximum Gasteiger partial charge on any atom is 0.363 e. The molecule has 0 aromatic heterocycles. The third-order valence-corrected chi connectivity index (χ3v) is 4.16. The molecule has 0 N–H and O–H groups in total. The number of nitrogens with zero attached hydrogens (tertiary/aromatic N) is 1. The van der Waals surface area contributed by atoms with Crippen LogP contribution in [0.4, 0.5) is 0 Å². The van der Waals surface area contributed by atoms with E-state index in [0.717, 1.165) is 20.1 Å². The molecule has 1 heterocycles. The normalized spacial score (nSPS) is 16.0. The van der Waals surface area contributed by atoms with Crippen LogP contribution in [0.2, 0.25) is 0 Å². The molecule has 0 bridgehead atoms. The second kappa shape index (κ2) is 5.95. The van der Waals surface area contributed by atoms with Crippen molar-refractivity contribution in [3.8, 4) is 0 Å². The Kier molecular flexibility index (Phi) is 4.03. The number of carbonyl (C=O) groups excluding carboxylic acids is 1. The number of cyclic esters (lactones) is 1. The van der Waals surface area contributed by atoms with Crippen molar-refractivity contribution in [2.45, 2.75) is 0 Å². The number of esters is 1. The van der Waals surface area contributed by atoms with Gasteiger partial charge >= 0.3 is 5.97 Å². The standard InChI is InChI=1S/C16H9Br2NO2/c17-12-7-5-10(6-8-12)15-19-14(16(20)21-15)9-11-3-1-2-4-13(11)18/h1-9H/b14-9+. The number of rotatable bonds is 2. The average molecular weight is 407 g/mol. The van der Waals surface area contributed by atoms with Gasteiger partial charge in [-0.3, -0.25) is 0 Å². The van der Waals surface area contributed by atoms with Gasteiger partial charge in [0, 0.05) is 14.5 Å². The first-order chi connectivity index (χ1) is 10.1. The van der Waals surface area contributed by atoms with E-state index in [2.05, 4.69) is 36.9 Å². The maximum atomic E-state index is 11.9. The summed E-state index contributed by atoms with van der Waals surface area (Å²) in [5, 5.41) is 0. The third kappa shape index (κ3) is 3.14. The van der Waals surface area contributed by atoms with Gasteiger partial charge in [0.1, 0.15) is 0 Å². The summed E-state index contributed by atoms with van der Waals surface area (Å²) >= 11 is 6.81. The fourth-order valence-corrected chi connectivity index (χ4v) is 2.53. The molecule has 5 heteroatoms. The Morgan fingerprint density at radius 3 is 2.43 bits per heavy atom. The second-order valence-corrected chi connectivity index (χ2v) is 6.13. The van der Waals surface area contributed by atoms with Crippen LogP contribution < -0.4 is 0 Å². The van der Waals surface area contributed by atoms with Gasteiger partial charge in [-0.25, -0.2) is 9.79 Å². The van der Waals surface area contributed by atoms with E-state index >= 15 is 0 Å². The van der Waals surface area contributed by atoms with Gasteiger partial charge in [-0.2, -0.15) is 0 Å². The molecule has 0 fully saturated rings. The second-order valence-electron chi connectivity index (χ2n) is 4.36. The predicted octanol–water partition coefficient (Wildman–Crippen LogP) is 4.56. The number of hydrogen-bond donors (Lipinski definition) is 0. The van der Waals surface area contributed by atoms with Crippen molar-refractivity contribution >= 4 is 49.8 Å². The SMILES string of the molecule is O=C1OC(c2ccc(Br)cc2)=N/C1=C/c1ccccc1Br. The van der Waals surface area contributed by atoms with Crippen LogP contribution in [-0.2, 0) is 9.53 Å². The molecule has 104 valence electrons. The molecule has 0 saturated carbocycles. The molecule has 0 amide bonds. The first-order valence-corrected chi connectivity index (χ1v) is 7.75. The van der Waals surface area contributed by atoms with Gasteiger partial charge in [-0.1, -0.05) is 50.1 Å². The summed E-state index contributed by atoms with van der Waals surface area (Å²) < 4.78 is 7.08. The zero-order chi connectivity index (χ0) is 14.8. The van der Waals surface area contributed by atoms with Crippen molar-refractivity contribution in [3.63, 3.8) is 0 Å². The summed E-state index contributed by atoms with van der Waals surface area (Å²) in [7, 11) is 0. The lowest BCUT2D eigenvalue weighted by Gasteiger charge is -1.98. The van der Waals surface area contributed by atoms with Crippen molar-refractivity contribution in [1.82, 2.24) is 0 Å². The van der Waals surface area contributed by atoms with E-state index in [1.54, 1.807) is 6.08 Å². The van der Waals surface area contributed by atoms with Crippen LogP contribution in [-0.4, -0.2) is 11.9 Å². The molecular weight excluding hydrogens is 398 g/mol. The summed E-state index contributed by atoms with van der Waals surface area (Å²) in [5.41, 5.74) is 1.94. The Bertz CT molecular complexity index is 764. The van der Waals surface area contributed by atoms with Crippen molar-refractivity contribution < 1.29 is 9.53 Å². The molecule has 0 atom stereocenters. The van der Waals surface area contributed by atoms with Crippen molar-refractivity contribution in [3.05, 3.63) is 74.3 Å². The van der Waals surface area contributed by atoms with Crippen LogP contribution in [0.25, 0.3) is 6.08 Å². The van der Waals surface area contributed by atoms with Gasteiger partial charge < -0.3 is 4.74 Å². The lowest BCUT2D eigenvalue weighted by Crippen LogP contribution is -2.05. The van der Waals surface area contributed by atoms with Crippen LogP contribution in [0, 0.1) is 0 Å². The lowest BCUT2D eigenvalue weighted by molar-refractivity contribution is -0.129. The third-order valence-electron chi connectivity index (χ3n) is 2.91. The molecule has 2 aromatic carbocycles. The highest BCUT2D eigenvalue weighted by Gasteiger charge is 2.24. The Hall–Kier alpha value is -1.72. The topological polar surface area (TPSA) is 38.7 Å². The summed E-state index contributed by atoms with van der Waals surface area (Å²) in [6, 6.07) is 15.1. The molecular formula is C16H9Br2NO2. The number of benzene rings is 2. The van der Waals surface area contributed by atoms with Crippen LogP contribution in [0.3, 0.4) is 0 Å². The molecule has 3 rings (SSSR count). The number of aliphatic imine (C=N–C) groups is 1. The van der Waals surface area contributed by atoms with Gasteiger partial charge in [-0.15, -0.1) is 0 Å². The van der Waals surface area contributed by atoms with Crippen molar-refractivity contribution in [2.75, 3.05) is 0 Å². The molecule has 0 spiro atoms. The minimum absolute atomic E-state index is 0.291. The zero-order valence-corrected chi connectivity index (χ0v) is 13.9. The quantitative estimate of drug-likeness (QED) is 0.541. The Morgan fingerprint density at radius 1 is 1.00 bits per heavy atom. The van der Waals surface area contributed by atoms with Gasteiger partial charge in [-0.05, 0) is 42.0 Å². The fourth-order valence-electron chi connectivity index (χ4n) is 1.86. The molecule has 0 saturated heterocycles. The Labute approximate surface area is 138 Å². The van der Waals surface area contributed by atoms with Gasteiger partial charge in [0.05, 0.1) is 0 Å². The van der Waals surface area contributed by atoms with Crippen LogP contribution >= 0.6 is 31.9 Å². The summed E-state index contributed by atoms with van der Waals surface area (Å²) in [6.45, 7) is 0. The number of halogens is 2. The van der Waals surface area contributed by atoms with Gasteiger partial charge in [0.15, 0.2) is 5.70 Å². The van der Waals surface area contributed by atoms with E-state index in [1.807, 2.05) is 48.5 Å².